The predicted octanol–water partition coefficient (Wildman–Crippen LogP) is -2.62. The van der Waals surface area contributed by atoms with Crippen LogP contribution in [-0.4, -0.2) is 0 Å². The maximum atomic E-state index is 2.40. The maximum absolute atomic E-state index is 2.40. The minimum absolute atomic E-state index is 0. The van der Waals surface area contributed by atoms with Crippen molar-refractivity contribution >= 4 is 0 Å². The van der Waals surface area contributed by atoms with Gasteiger partial charge in [-0.05, 0) is 0 Å². The van der Waals surface area contributed by atoms with Crippen molar-refractivity contribution in [1.29, 1.82) is 0 Å². The van der Waals surface area contributed by atoms with Gasteiger partial charge in [0.25, 0.3) is 0 Å². The van der Waals surface area contributed by atoms with Crippen molar-refractivity contribution in [3.05, 3.63) is 129 Å². The minimum Gasteiger partial charge on any atom is -1.00 e. The molecule has 0 amide bonds. The summed E-state index contributed by atoms with van der Waals surface area (Å²) >= 11 is 2.27. The van der Waals surface area contributed by atoms with Gasteiger partial charge in [-0.25, -0.2) is 0 Å². The van der Waals surface area contributed by atoms with Gasteiger partial charge >= 0.3 is 174 Å². The molecule has 3 aromatic carbocycles. The summed E-state index contributed by atoms with van der Waals surface area (Å²) in [5, 5.41) is 0. The summed E-state index contributed by atoms with van der Waals surface area (Å²) in [5.74, 6) is 0. The van der Waals surface area contributed by atoms with Crippen molar-refractivity contribution in [3.8, 4) is 0 Å². The van der Waals surface area contributed by atoms with E-state index >= 15 is 0 Å². The molecule has 0 aromatic heterocycles. The Bertz CT molecular complexity index is 941. The average molecular weight is 490 g/mol. The largest absolute Gasteiger partial charge is 1.00 e. The smallest absolute Gasteiger partial charge is 1.00 e. The number of benzene rings is 3. The fourth-order valence-corrected chi connectivity index (χ4v) is 4.71. The Hall–Kier alpha value is -1.28. The maximum Gasteiger partial charge on any atom is -1.00 e. The Morgan fingerprint density at radius 1 is 0.700 bits per heavy atom. The Labute approximate surface area is 210 Å². The van der Waals surface area contributed by atoms with E-state index in [2.05, 4.69) is 124 Å². The quantitative estimate of drug-likeness (QED) is 0.345. The van der Waals surface area contributed by atoms with E-state index in [0.717, 1.165) is 12.8 Å². The van der Waals surface area contributed by atoms with Gasteiger partial charge in [-0.3, -0.25) is 0 Å². The summed E-state index contributed by atoms with van der Waals surface area (Å²) in [6.07, 6.45) is 4.42. The normalized spacial score (nSPS) is 13.0. The van der Waals surface area contributed by atoms with Crippen LogP contribution in [0.25, 0.3) is 0 Å². The SMILES string of the molecule is CC(C1=C(Cc2ccccc2)[C]([Ti+3])=CC1)(c1ccccc1)c1ccccc1.[Cl-].[Cl-].[Cl-]. The van der Waals surface area contributed by atoms with E-state index in [9.17, 15) is 0 Å². The van der Waals surface area contributed by atoms with Crippen molar-refractivity contribution in [3.63, 3.8) is 0 Å². The zero-order valence-corrected chi connectivity index (χ0v) is 20.6. The summed E-state index contributed by atoms with van der Waals surface area (Å²) in [4.78, 5) is 0. The fraction of sp³-hybridized carbons (Fsp3) is 0.154. The standard InChI is InChI=1S/C26H23.3ClH.Ti/c1-26(23-15-7-3-8-16-23,24-17-9-4-10-18-24)25-19-11-14-22(25)20-21-12-5-2-6-13-21;;;;/h2-13,15-18H,19-20H2,1H3;3*1H;/q;;;;+3/p-3. The van der Waals surface area contributed by atoms with Crippen LogP contribution in [0.1, 0.15) is 30.0 Å². The molecule has 4 rings (SSSR count). The van der Waals surface area contributed by atoms with E-state index < -0.39 is 0 Å². The molecule has 152 valence electrons. The van der Waals surface area contributed by atoms with Crippen molar-refractivity contribution in [2.45, 2.75) is 25.2 Å². The number of rotatable bonds is 5. The molecule has 0 saturated heterocycles. The molecule has 0 atom stereocenters. The number of allylic oxidation sites excluding steroid dienone is 4. The zero-order valence-electron chi connectivity index (χ0n) is 16.8. The predicted molar refractivity (Wildman–Crippen MR) is 109 cm³/mol. The second kappa shape index (κ2) is 11.9. The fourth-order valence-electron chi connectivity index (χ4n) is 4.18. The molecule has 1 aliphatic carbocycles. The van der Waals surface area contributed by atoms with Crippen molar-refractivity contribution in [2.75, 3.05) is 0 Å². The van der Waals surface area contributed by atoms with E-state index in [0.29, 0.717) is 0 Å². The van der Waals surface area contributed by atoms with Gasteiger partial charge in [0.15, 0.2) is 0 Å². The summed E-state index contributed by atoms with van der Waals surface area (Å²) in [7, 11) is 0. The number of hydrogen-bond donors (Lipinski definition) is 0. The van der Waals surface area contributed by atoms with Gasteiger partial charge in [-0.2, -0.15) is 0 Å². The van der Waals surface area contributed by atoms with Crippen molar-refractivity contribution in [1.82, 2.24) is 0 Å². The molecule has 0 radical (unpaired) electrons. The summed E-state index contributed by atoms with van der Waals surface area (Å²) in [6, 6.07) is 32.8. The van der Waals surface area contributed by atoms with Crippen LogP contribution in [0, 0.1) is 0 Å². The van der Waals surface area contributed by atoms with E-state index in [1.165, 1.54) is 31.7 Å². The molecule has 0 unspecified atom stereocenters. The van der Waals surface area contributed by atoms with Crippen LogP contribution in [-0.2, 0) is 32.3 Å². The van der Waals surface area contributed by atoms with E-state index in [1.807, 2.05) is 0 Å². The Kier molecular flexibility index (Phi) is 10.6. The molecule has 1 aliphatic rings. The van der Waals surface area contributed by atoms with Gasteiger partial charge in [0, 0.05) is 0 Å². The van der Waals surface area contributed by atoms with Gasteiger partial charge in [-0.15, -0.1) is 0 Å². The molecule has 0 saturated carbocycles. The van der Waals surface area contributed by atoms with Gasteiger partial charge in [0.05, 0.1) is 0 Å². The molecule has 0 spiro atoms. The summed E-state index contributed by atoms with van der Waals surface area (Å²) in [6.45, 7) is 2.39. The molecule has 0 nitrogen and oxygen atoms in total. The van der Waals surface area contributed by atoms with Crippen LogP contribution in [0.2, 0.25) is 0 Å². The van der Waals surface area contributed by atoms with Crippen molar-refractivity contribution in [2.24, 2.45) is 0 Å². The first kappa shape index (κ1) is 26.8. The second-order valence-electron chi connectivity index (χ2n) is 7.30. The van der Waals surface area contributed by atoms with Gasteiger partial charge in [0.1, 0.15) is 0 Å². The molecule has 3 aromatic rings. The molecule has 0 heterocycles. The summed E-state index contributed by atoms with van der Waals surface area (Å²) in [5.41, 5.74) is 7.00. The Morgan fingerprint density at radius 3 is 1.60 bits per heavy atom. The third-order valence-electron chi connectivity index (χ3n) is 5.73. The van der Waals surface area contributed by atoms with E-state index in [1.54, 1.807) is 0 Å². The molecular formula is C26H23Cl3Ti. The first-order valence-corrected chi connectivity index (χ1v) is 10.3. The third-order valence-corrected chi connectivity index (χ3v) is 6.52. The molecule has 0 aliphatic heterocycles. The first-order chi connectivity index (χ1) is 13.2. The second-order valence-corrected chi connectivity index (χ2v) is 8.14. The molecule has 0 fully saturated rings. The van der Waals surface area contributed by atoms with Gasteiger partial charge in [-0.1, -0.05) is 0 Å². The van der Waals surface area contributed by atoms with Crippen molar-refractivity contribution < 1.29 is 57.7 Å². The molecule has 0 N–H and O–H groups in total. The first-order valence-electron chi connectivity index (χ1n) is 9.49. The average Bonchev–Trinajstić information content (AvgIpc) is 3.10. The number of halogens is 3. The van der Waals surface area contributed by atoms with Crippen LogP contribution in [0.5, 0.6) is 0 Å². The van der Waals surface area contributed by atoms with Crippen LogP contribution in [0.15, 0.2) is 112 Å². The molecular weight excluding hydrogens is 467 g/mol. The Balaban J connectivity index is 0.00000150. The molecule has 0 bridgehead atoms. The van der Waals surface area contributed by atoms with E-state index in [-0.39, 0.29) is 42.6 Å². The molecule has 30 heavy (non-hydrogen) atoms. The molecule has 4 heteroatoms. The summed E-state index contributed by atoms with van der Waals surface area (Å²) < 4.78 is 1.42. The topological polar surface area (TPSA) is 0 Å². The minimum atomic E-state index is -0.124. The monoisotopic (exact) mass is 488 g/mol. The third kappa shape index (κ3) is 5.31. The van der Waals surface area contributed by atoms with Gasteiger partial charge in [0.2, 0.25) is 0 Å². The van der Waals surface area contributed by atoms with Crippen LogP contribution >= 0.6 is 0 Å². The van der Waals surface area contributed by atoms with Crippen LogP contribution in [0.4, 0.5) is 0 Å². The van der Waals surface area contributed by atoms with Crippen LogP contribution < -0.4 is 37.2 Å². The number of hydrogen-bond acceptors (Lipinski definition) is 0. The zero-order chi connectivity index (χ0) is 18.7. The van der Waals surface area contributed by atoms with Crippen LogP contribution in [0.3, 0.4) is 0 Å². The van der Waals surface area contributed by atoms with E-state index in [4.69, 9.17) is 0 Å². The Morgan fingerprint density at radius 2 is 1.13 bits per heavy atom. The van der Waals surface area contributed by atoms with Gasteiger partial charge < -0.3 is 37.2 Å².